The van der Waals surface area contributed by atoms with Crippen LogP contribution >= 0.6 is 34.5 Å². The molecule has 7 nitrogen and oxygen atoms in total. The fourth-order valence-corrected chi connectivity index (χ4v) is 4.68. The van der Waals surface area contributed by atoms with Crippen molar-refractivity contribution in [2.24, 2.45) is 5.10 Å². The van der Waals surface area contributed by atoms with Crippen molar-refractivity contribution in [1.29, 1.82) is 0 Å². The van der Waals surface area contributed by atoms with Crippen molar-refractivity contribution in [3.63, 3.8) is 0 Å². The Hall–Kier alpha value is -2.42. The summed E-state index contributed by atoms with van der Waals surface area (Å²) in [5, 5.41) is 7.37. The number of halogens is 2. The van der Waals surface area contributed by atoms with Crippen LogP contribution in [-0.4, -0.2) is 31.1 Å². The van der Waals surface area contributed by atoms with Crippen molar-refractivity contribution in [3.05, 3.63) is 49.8 Å². The number of thiophene rings is 1. The number of rotatable bonds is 4. The van der Waals surface area contributed by atoms with Gasteiger partial charge in [0.2, 0.25) is 0 Å². The normalized spacial score (nSPS) is 13.1. The molecule has 0 atom stereocenters. The number of hydrogen-bond donors (Lipinski definition) is 2. The van der Waals surface area contributed by atoms with Crippen LogP contribution in [0.1, 0.15) is 39.2 Å². The molecule has 0 saturated heterocycles. The van der Waals surface area contributed by atoms with Gasteiger partial charge >= 0.3 is 17.8 Å². The molecule has 0 bridgehead atoms. The maximum absolute atomic E-state index is 12.3. The molecule has 0 saturated carbocycles. The molecular weight excluding hydrogens is 437 g/mol. The second-order valence-electron chi connectivity index (χ2n) is 6.23. The van der Waals surface area contributed by atoms with Gasteiger partial charge in [-0.1, -0.05) is 29.3 Å². The van der Waals surface area contributed by atoms with Crippen molar-refractivity contribution in [3.8, 4) is 0 Å². The minimum Gasteiger partial charge on any atom is -0.465 e. The van der Waals surface area contributed by atoms with Crippen LogP contribution in [0.5, 0.6) is 0 Å². The zero-order valence-electron chi connectivity index (χ0n) is 15.4. The highest BCUT2D eigenvalue weighted by Crippen LogP contribution is 2.38. The van der Waals surface area contributed by atoms with Gasteiger partial charge in [-0.05, 0) is 43.4 Å². The third kappa shape index (κ3) is 4.95. The highest BCUT2D eigenvalue weighted by Gasteiger charge is 2.28. The van der Waals surface area contributed by atoms with E-state index in [-0.39, 0.29) is 0 Å². The second-order valence-corrected chi connectivity index (χ2v) is 8.17. The summed E-state index contributed by atoms with van der Waals surface area (Å²) in [6.07, 6.45) is 4.85. The van der Waals surface area contributed by atoms with Crippen LogP contribution in [0.4, 0.5) is 5.00 Å². The molecular formula is C19H17Cl2N3O4S. The first-order chi connectivity index (χ1) is 13.9. The molecule has 1 aromatic carbocycles. The molecule has 1 aliphatic rings. The highest BCUT2D eigenvalue weighted by molar-refractivity contribution is 7.17. The molecule has 2 amide bonds. The fraction of sp³-hybridized carbons (Fsp3) is 0.263. The van der Waals surface area contributed by atoms with Gasteiger partial charge in [0.05, 0.1) is 23.9 Å². The molecule has 0 aliphatic heterocycles. The van der Waals surface area contributed by atoms with E-state index in [1.165, 1.54) is 30.7 Å². The summed E-state index contributed by atoms with van der Waals surface area (Å²) >= 11 is 13.1. The van der Waals surface area contributed by atoms with E-state index in [9.17, 15) is 14.4 Å². The van der Waals surface area contributed by atoms with E-state index in [2.05, 4.69) is 15.8 Å². The Morgan fingerprint density at radius 1 is 1.17 bits per heavy atom. The third-order valence-electron chi connectivity index (χ3n) is 4.33. The van der Waals surface area contributed by atoms with Crippen LogP contribution in [0.3, 0.4) is 0 Å². The standard InChI is InChI=1S/C19H17Cl2N3O4S/c1-28-19(27)15-12-4-2-3-5-14(12)29-18(15)23-16(25)17(26)24-22-9-10-6-7-11(20)8-13(10)21/h6-9H,2-5H2,1H3,(H,23,25)(H,24,26)/b22-9+. The number of hydrazone groups is 1. The number of hydrogen-bond acceptors (Lipinski definition) is 6. The minimum atomic E-state index is -0.978. The number of carbonyl (C=O) groups excluding carboxylic acids is 3. The summed E-state index contributed by atoms with van der Waals surface area (Å²) in [4.78, 5) is 37.5. The third-order valence-corrected chi connectivity index (χ3v) is 6.10. The van der Waals surface area contributed by atoms with Crippen LogP contribution in [0.25, 0.3) is 0 Å². The average Bonchev–Trinajstić information content (AvgIpc) is 3.06. The lowest BCUT2D eigenvalue weighted by atomic mass is 9.95. The van der Waals surface area contributed by atoms with Crippen molar-refractivity contribution in [2.75, 3.05) is 12.4 Å². The minimum absolute atomic E-state index is 0.314. The predicted molar refractivity (Wildman–Crippen MR) is 113 cm³/mol. The summed E-state index contributed by atoms with van der Waals surface area (Å²) in [5.41, 5.74) is 3.87. The molecule has 0 spiro atoms. The fourth-order valence-electron chi connectivity index (χ4n) is 2.95. The van der Waals surface area contributed by atoms with Gasteiger partial charge in [-0.2, -0.15) is 5.10 Å². The SMILES string of the molecule is COC(=O)c1c(NC(=O)C(=O)N/N=C/c2ccc(Cl)cc2Cl)sc2c1CCCC2. The number of nitrogens with one attached hydrogen (secondary N) is 2. The monoisotopic (exact) mass is 453 g/mol. The molecule has 29 heavy (non-hydrogen) atoms. The van der Waals surface area contributed by atoms with Crippen molar-refractivity contribution in [1.82, 2.24) is 5.43 Å². The summed E-state index contributed by atoms with van der Waals surface area (Å²) in [7, 11) is 1.28. The molecule has 152 valence electrons. The van der Waals surface area contributed by atoms with E-state index < -0.39 is 17.8 Å². The molecule has 10 heteroatoms. The van der Waals surface area contributed by atoms with Crippen LogP contribution < -0.4 is 10.7 Å². The molecule has 1 heterocycles. The van der Waals surface area contributed by atoms with Crippen molar-refractivity contribution < 1.29 is 19.1 Å². The van der Waals surface area contributed by atoms with Gasteiger partial charge in [-0.25, -0.2) is 10.2 Å². The summed E-state index contributed by atoms with van der Waals surface area (Å²) in [6.45, 7) is 0. The number of fused-ring (bicyclic) bond motifs is 1. The number of carbonyl (C=O) groups is 3. The van der Waals surface area contributed by atoms with Gasteiger partial charge in [0.1, 0.15) is 5.00 Å². The number of anilines is 1. The molecule has 2 N–H and O–H groups in total. The van der Waals surface area contributed by atoms with E-state index in [1.807, 2.05) is 0 Å². The second kappa shape index (κ2) is 9.39. The van der Waals surface area contributed by atoms with E-state index in [1.54, 1.807) is 12.1 Å². The van der Waals surface area contributed by atoms with Crippen molar-refractivity contribution >= 4 is 63.5 Å². The van der Waals surface area contributed by atoms with E-state index in [4.69, 9.17) is 27.9 Å². The average molecular weight is 454 g/mol. The van der Waals surface area contributed by atoms with Gasteiger partial charge < -0.3 is 10.1 Å². The Morgan fingerprint density at radius 3 is 2.66 bits per heavy atom. The van der Waals surface area contributed by atoms with Crippen LogP contribution in [-0.2, 0) is 27.2 Å². The first kappa shape index (κ1) is 21.3. The maximum atomic E-state index is 12.3. The zero-order valence-corrected chi connectivity index (χ0v) is 17.7. The van der Waals surface area contributed by atoms with Gasteiger partial charge in [0, 0.05) is 15.5 Å². The van der Waals surface area contributed by atoms with E-state index >= 15 is 0 Å². The number of aryl methyl sites for hydroxylation is 1. The first-order valence-electron chi connectivity index (χ1n) is 8.73. The summed E-state index contributed by atoms with van der Waals surface area (Å²) < 4.78 is 4.85. The Labute approximate surface area is 181 Å². The summed E-state index contributed by atoms with van der Waals surface area (Å²) in [5.74, 6) is -2.45. The Kier molecular flexibility index (Phi) is 6.89. The lowest BCUT2D eigenvalue weighted by Crippen LogP contribution is -2.32. The van der Waals surface area contributed by atoms with E-state index in [0.717, 1.165) is 36.1 Å². The number of nitrogens with zero attached hydrogens (tertiary/aromatic N) is 1. The predicted octanol–water partition coefficient (Wildman–Crippen LogP) is 3.81. The number of ether oxygens (including phenoxy) is 1. The summed E-state index contributed by atoms with van der Waals surface area (Å²) in [6, 6.07) is 4.78. The molecule has 0 unspecified atom stereocenters. The zero-order chi connectivity index (χ0) is 21.0. The van der Waals surface area contributed by atoms with Gasteiger partial charge in [0.25, 0.3) is 0 Å². The lowest BCUT2D eigenvalue weighted by molar-refractivity contribution is -0.136. The highest BCUT2D eigenvalue weighted by atomic mass is 35.5. The number of benzene rings is 1. The van der Waals surface area contributed by atoms with Crippen LogP contribution in [0, 0.1) is 0 Å². The Bertz CT molecular complexity index is 1000. The first-order valence-corrected chi connectivity index (χ1v) is 10.3. The van der Waals surface area contributed by atoms with E-state index in [0.29, 0.717) is 26.2 Å². The number of methoxy groups -OCH3 is 1. The van der Waals surface area contributed by atoms with Gasteiger partial charge in [0.15, 0.2) is 0 Å². The molecule has 1 aromatic heterocycles. The smallest absolute Gasteiger partial charge is 0.341 e. The van der Waals surface area contributed by atoms with Gasteiger partial charge in [-0.3, -0.25) is 9.59 Å². The number of esters is 1. The molecule has 0 fully saturated rings. The van der Waals surface area contributed by atoms with Crippen LogP contribution in [0.15, 0.2) is 23.3 Å². The Balaban J connectivity index is 1.70. The van der Waals surface area contributed by atoms with Crippen LogP contribution in [0.2, 0.25) is 10.0 Å². The maximum Gasteiger partial charge on any atom is 0.341 e. The lowest BCUT2D eigenvalue weighted by Gasteiger charge is -2.11. The van der Waals surface area contributed by atoms with Gasteiger partial charge in [-0.15, -0.1) is 11.3 Å². The Morgan fingerprint density at radius 2 is 1.93 bits per heavy atom. The quantitative estimate of drug-likeness (QED) is 0.318. The topological polar surface area (TPSA) is 96.9 Å². The molecule has 3 rings (SSSR count). The molecule has 0 radical (unpaired) electrons. The number of amides is 2. The largest absolute Gasteiger partial charge is 0.465 e. The van der Waals surface area contributed by atoms with Crippen molar-refractivity contribution in [2.45, 2.75) is 25.7 Å². The molecule has 1 aliphatic carbocycles. The molecule has 2 aromatic rings.